The van der Waals surface area contributed by atoms with Crippen molar-refractivity contribution in [1.82, 2.24) is 4.98 Å². The molecule has 0 saturated heterocycles. The fourth-order valence-corrected chi connectivity index (χ4v) is 2.08. The van der Waals surface area contributed by atoms with Crippen molar-refractivity contribution < 1.29 is 14.3 Å². The Morgan fingerprint density at radius 3 is 2.62 bits per heavy atom. The Kier molecular flexibility index (Phi) is 6.01. The van der Waals surface area contributed by atoms with E-state index in [9.17, 15) is 4.79 Å². The van der Waals surface area contributed by atoms with Crippen LogP contribution in [0.3, 0.4) is 0 Å². The van der Waals surface area contributed by atoms with E-state index in [0.717, 1.165) is 12.2 Å². The van der Waals surface area contributed by atoms with Crippen LogP contribution in [0.15, 0.2) is 36.5 Å². The maximum atomic E-state index is 12.5. The predicted molar refractivity (Wildman–Crippen MR) is 95.1 cm³/mol. The van der Waals surface area contributed by atoms with Crippen LogP contribution in [0.1, 0.15) is 24.3 Å². The summed E-state index contributed by atoms with van der Waals surface area (Å²) < 4.78 is 10.4. The summed E-state index contributed by atoms with van der Waals surface area (Å²) in [5.41, 5.74) is 1.72. The van der Waals surface area contributed by atoms with Gasteiger partial charge in [-0.15, -0.1) is 0 Å². The topological polar surface area (TPSA) is 72.5 Å². The molecular weight excluding hydrogens is 306 g/mol. The van der Waals surface area contributed by atoms with Gasteiger partial charge in [0.25, 0.3) is 5.91 Å². The predicted octanol–water partition coefficient (Wildman–Crippen LogP) is 3.42. The van der Waals surface area contributed by atoms with Gasteiger partial charge in [0.2, 0.25) is 0 Å². The molecule has 0 radical (unpaired) electrons. The number of pyridine rings is 1. The number of rotatable bonds is 7. The first-order valence-corrected chi connectivity index (χ1v) is 7.76. The van der Waals surface area contributed by atoms with E-state index in [0.29, 0.717) is 28.8 Å². The second kappa shape index (κ2) is 8.19. The number of hydrogen-bond acceptors (Lipinski definition) is 5. The van der Waals surface area contributed by atoms with Crippen molar-refractivity contribution in [2.24, 2.45) is 5.92 Å². The Balaban J connectivity index is 2.16. The zero-order valence-corrected chi connectivity index (χ0v) is 14.4. The summed E-state index contributed by atoms with van der Waals surface area (Å²) in [6.07, 6.45) is 1.61. The van der Waals surface area contributed by atoms with Crippen molar-refractivity contribution in [2.75, 3.05) is 31.4 Å². The van der Waals surface area contributed by atoms with Gasteiger partial charge in [0.1, 0.15) is 17.2 Å². The molecule has 1 heterocycles. The molecule has 0 atom stereocenters. The van der Waals surface area contributed by atoms with Crippen LogP contribution >= 0.6 is 0 Å². The van der Waals surface area contributed by atoms with Crippen molar-refractivity contribution in [1.29, 1.82) is 0 Å². The van der Waals surface area contributed by atoms with Gasteiger partial charge in [0, 0.05) is 24.5 Å². The molecule has 2 aromatic rings. The molecule has 24 heavy (non-hydrogen) atoms. The maximum absolute atomic E-state index is 12.5. The van der Waals surface area contributed by atoms with Crippen molar-refractivity contribution in [3.8, 4) is 11.5 Å². The van der Waals surface area contributed by atoms with Crippen molar-refractivity contribution in [3.63, 3.8) is 0 Å². The van der Waals surface area contributed by atoms with Gasteiger partial charge in [0.15, 0.2) is 0 Å². The molecule has 6 nitrogen and oxygen atoms in total. The van der Waals surface area contributed by atoms with Crippen LogP contribution < -0.4 is 20.1 Å². The fraction of sp³-hybridized carbons (Fsp3) is 0.333. The Morgan fingerprint density at radius 1 is 1.17 bits per heavy atom. The summed E-state index contributed by atoms with van der Waals surface area (Å²) in [5.74, 6) is 1.39. The smallest absolute Gasteiger partial charge is 0.274 e. The summed E-state index contributed by atoms with van der Waals surface area (Å²) in [4.78, 5) is 16.6. The van der Waals surface area contributed by atoms with Gasteiger partial charge in [-0.2, -0.15) is 0 Å². The first kappa shape index (κ1) is 17.6. The maximum Gasteiger partial charge on any atom is 0.274 e. The Hall–Kier alpha value is -2.76. The largest absolute Gasteiger partial charge is 0.497 e. The van der Waals surface area contributed by atoms with Crippen molar-refractivity contribution >= 4 is 17.3 Å². The standard InChI is InChI=1S/C18H23N3O3/c1-12(2)11-20-13-7-8-19-16(9-13)18(22)21-15-10-14(23-3)5-6-17(15)24-4/h5-10,12H,11H2,1-4H3,(H,19,20)(H,21,22). The van der Waals surface area contributed by atoms with Gasteiger partial charge in [-0.1, -0.05) is 13.8 Å². The normalized spacial score (nSPS) is 10.4. The monoisotopic (exact) mass is 329 g/mol. The molecule has 0 bridgehead atoms. The lowest BCUT2D eigenvalue weighted by Gasteiger charge is -2.12. The van der Waals surface area contributed by atoms with Crippen molar-refractivity contribution in [3.05, 3.63) is 42.2 Å². The number of methoxy groups -OCH3 is 2. The van der Waals surface area contributed by atoms with Crippen LogP contribution in [0, 0.1) is 5.92 Å². The van der Waals surface area contributed by atoms with E-state index >= 15 is 0 Å². The van der Waals surface area contributed by atoms with Crippen LogP contribution in [-0.2, 0) is 0 Å². The number of anilines is 2. The molecule has 0 unspecified atom stereocenters. The number of carbonyl (C=O) groups excluding carboxylic acids is 1. The molecule has 2 N–H and O–H groups in total. The third-order valence-corrected chi connectivity index (χ3v) is 3.36. The van der Waals surface area contributed by atoms with Crippen LogP contribution in [0.5, 0.6) is 11.5 Å². The van der Waals surface area contributed by atoms with Gasteiger partial charge in [-0.3, -0.25) is 9.78 Å². The number of benzene rings is 1. The second-order valence-electron chi connectivity index (χ2n) is 5.72. The Bertz CT molecular complexity index is 702. The van der Waals surface area contributed by atoms with E-state index in [1.807, 2.05) is 6.07 Å². The molecule has 6 heteroatoms. The molecule has 1 aromatic carbocycles. The first-order chi connectivity index (χ1) is 11.5. The highest BCUT2D eigenvalue weighted by atomic mass is 16.5. The van der Waals surface area contributed by atoms with Gasteiger partial charge in [0.05, 0.1) is 19.9 Å². The highest BCUT2D eigenvalue weighted by Gasteiger charge is 2.12. The van der Waals surface area contributed by atoms with Crippen LogP contribution in [0.25, 0.3) is 0 Å². The van der Waals surface area contributed by atoms with E-state index in [1.54, 1.807) is 44.7 Å². The summed E-state index contributed by atoms with van der Waals surface area (Å²) in [6.45, 7) is 5.07. The van der Waals surface area contributed by atoms with Gasteiger partial charge >= 0.3 is 0 Å². The van der Waals surface area contributed by atoms with Gasteiger partial charge in [-0.05, 0) is 30.2 Å². The molecule has 1 amide bonds. The molecule has 0 spiro atoms. The average molecular weight is 329 g/mol. The summed E-state index contributed by atoms with van der Waals surface area (Å²) in [6, 6.07) is 8.78. The zero-order valence-electron chi connectivity index (χ0n) is 14.4. The Labute approximate surface area is 142 Å². The lowest BCUT2D eigenvalue weighted by Crippen LogP contribution is -2.15. The lowest BCUT2D eigenvalue weighted by atomic mass is 10.2. The third kappa shape index (κ3) is 4.62. The quantitative estimate of drug-likeness (QED) is 0.814. The molecule has 2 rings (SSSR count). The molecule has 1 aromatic heterocycles. The SMILES string of the molecule is COc1ccc(OC)c(NC(=O)c2cc(NCC(C)C)ccn2)c1. The van der Waals surface area contributed by atoms with Gasteiger partial charge in [-0.25, -0.2) is 0 Å². The van der Waals surface area contributed by atoms with E-state index in [1.165, 1.54) is 0 Å². The highest BCUT2D eigenvalue weighted by molar-refractivity contribution is 6.04. The van der Waals surface area contributed by atoms with Crippen LogP contribution in [0.4, 0.5) is 11.4 Å². The van der Waals surface area contributed by atoms with Crippen molar-refractivity contribution in [2.45, 2.75) is 13.8 Å². The number of ether oxygens (including phenoxy) is 2. The van der Waals surface area contributed by atoms with E-state index < -0.39 is 0 Å². The summed E-state index contributed by atoms with van der Waals surface area (Å²) in [7, 11) is 3.12. The number of aromatic nitrogens is 1. The summed E-state index contributed by atoms with van der Waals surface area (Å²) in [5, 5.41) is 6.09. The minimum atomic E-state index is -0.310. The van der Waals surface area contributed by atoms with Crippen LogP contribution in [-0.4, -0.2) is 31.7 Å². The molecule has 128 valence electrons. The number of carbonyl (C=O) groups is 1. The lowest BCUT2D eigenvalue weighted by molar-refractivity contribution is 0.102. The average Bonchev–Trinajstić information content (AvgIpc) is 2.60. The van der Waals surface area contributed by atoms with E-state index in [4.69, 9.17) is 9.47 Å². The fourth-order valence-electron chi connectivity index (χ4n) is 2.08. The second-order valence-corrected chi connectivity index (χ2v) is 5.72. The number of nitrogens with one attached hydrogen (secondary N) is 2. The molecular formula is C18H23N3O3. The number of amides is 1. The first-order valence-electron chi connectivity index (χ1n) is 7.76. The van der Waals surface area contributed by atoms with Crippen LogP contribution in [0.2, 0.25) is 0 Å². The minimum Gasteiger partial charge on any atom is -0.497 e. The van der Waals surface area contributed by atoms with E-state index in [-0.39, 0.29) is 5.91 Å². The number of hydrogen-bond donors (Lipinski definition) is 2. The molecule has 0 saturated carbocycles. The highest BCUT2D eigenvalue weighted by Crippen LogP contribution is 2.29. The third-order valence-electron chi connectivity index (χ3n) is 3.36. The molecule has 0 aliphatic heterocycles. The zero-order chi connectivity index (χ0) is 17.5. The molecule has 0 fully saturated rings. The molecule has 0 aliphatic carbocycles. The van der Waals surface area contributed by atoms with E-state index in [2.05, 4.69) is 29.5 Å². The minimum absolute atomic E-state index is 0.310. The Morgan fingerprint density at radius 2 is 1.96 bits per heavy atom. The van der Waals surface area contributed by atoms with Gasteiger partial charge < -0.3 is 20.1 Å². The summed E-state index contributed by atoms with van der Waals surface area (Å²) >= 11 is 0. The molecule has 0 aliphatic rings. The number of nitrogens with zero attached hydrogens (tertiary/aromatic N) is 1.